The zero-order chi connectivity index (χ0) is 8.41. The molecule has 0 aromatic heterocycles. The van der Waals surface area contributed by atoms with Crippen LogP contribution in [-0.4, -0.2) is 14.8 Å². The summed E-state index contributed by atoms with van der Waals surface area (Å²) >= 11 is 13.2. The Kier molecular flexibility index (Phi) is 4.17. The standard InChI is InChI=1S/C5H11Cl2N2.Pt/c1-5(9,2-3-6)4(7)8;/h2-3,8-9H2,1H3;. The van der Waals surface area contributed by atoms with Crippen molar-refractivity contribution in [2.24, 2.45) is 11.5 Å². The van der Waals surface area contributed by atoms with E-state index in [1.165, 1.54) is 0 Å². The SMILES string of the molecule is CC(N)(CCCl)[C](N)(Cl)[Pt]. The molecule has 2 unspecified atom stereocenters. The molecule has 4 N–H and O–H groups in total. The normalized spacial score (nSPS) is 23.5. The van der Waals surface area contributed by atoms with Gasteiger partial charge in [-0.2, -0.15) is 0 Å². The molecule has 0 saturated heterocycles. The van der Waals surface area contributed by atoms with Crippen LogP contribution in [0.4, 0.5) is 0 Å². The number of nitrogens with two attached hydrogens (primary N) is 2. The molecule has 0 aliphatic carbocycles. The van der Waals surface area contributed by atoms with Gasteiger partial charge in [0.05, 0.1) is 0 Å². The molecule has 0 fully saturated rings. The summed E-state index contributed by atoms with van der Waals surface area (Å²) in [4.78, 5) is 0. The van der Waals surface area contributed by atoms with Crippen molar-refractivity contribution in [3.8, 4) is 0 Å². The third kappa shape index (κ3) is 3.06. The first kappa shape index (κ1) is 11.2. The first-order valence-electron chi connectivity index (χ1n) is 2.80. The quantitative estimate of drug-likeness (QED) is 0.573. The van der Waals surface area contributed by atoms with Crippen LogP contribution in [0.25, 0.3) is 0 Å². The zero-order valence-corrected chi connectivity index (χ0v) is 9.43. The summed E-state index contributed by atoms with van der Waals surface area (Å²) in [5.74, 6) is 0.474. The van der Waals surface area contributed by atoms with Gasteiger partial charge in [0, 0.05) is 0 Å². The van der Waals surface area contributed by atoms with Crippen molar-refractivity contribution in [2.75, 3.05) is 5.88 Å². The van der Waals surface area contributed by atoms with Crippen LogP contribution >= 0.6 is 23.2 Å². The Bertz CT molecular complexity index is 111. The van der Waals surface area contributed by atoms with Gasteiger partial charge in [-0.3, -0.25) is 0 Å². The van der Waals surface area contributed by atoms with Gasteiger partial charge >= 0.3 is 82.6 Å². The van der Waals surface area contributed by atoms with E-state index < -0.39 is 8.93 Å². The van der Waals surface area contributed by atoms with Crippen molar-refractivity contribution in [1.82, 2.24) is 0 Å². The van der Waals surface area contributed by atoms with Crippen LogP contribution in [0.3, 0.4) is 0 Å². The van der Waals surface area contributed by atoms with Gasteiger partial charge in [0.25, 0.3) is 0 Å². The maximum atomic E-state index is 5.79. The van der Waals surface area contributed by atoms with Crippen molar-refractivity contribution >= 4 is 23.2 Å². The first-order valence-corrected chi connectivity index (χ1v) is 4.84. The fraction of sp³-hybridized carbons (Fsp3) is 1.00. The number of halogens is 2. The molecule has 2 atom stereocenters. The van der Waals surface area contributed by atoms with E-state index in [4.69, 9.17) is 34.7 Å². The summed E-state index contributed by atoms with van der Waals surface area (Å²) in [6.45, 7) is 1.79. The molecule has 0 aromatic carbocycles. The van der Waals surface area contributed by atoms with Gasteiger partial charge in [-0.05, 0) is 0 Å². The van der Waals surface area contributed by atoms with E-state index >= 15 is 0 Å². The fourth-order valence-electron chi connectivity index (χ4n) is 0.355. The first-order chi connectivity index (χ1) is 4.31. The second kappa shape index (κ2) is 3.73. The summed E-state index contributed by atoms with van der Waals surface area (Å²) in [6.07, 6.45) is 0.609. The van der Waals surface area contributed by atoms with Crippen LogP contribution in [0.15, 0.2) is 0 Å². The minimum atomic E-state index is -0.915. The number of hydrogen-bond donors (Lipinski definition) is 2. The molecule has 0 bridgehead atoms. The van der Waals surface area contributed by atoms with Crippen LogP contribution in [0.5, 0.6) is 0 Å². The molecule has 0 aliphatic heterocycles. The molecule has 5 heteroatoms. The summed E-state index contributed by atoms with van der Waals surface area (Å²) in [5.41, 5.74) is 10.7. The molecule has 0 spiro atoms. The van der Waals surface area contributed by atoms with Gasteiger partial charge in [0.15, 0.2) is 0 Å². The number of hydrogen-bond acceptors (Lipinski definition) is 2. The Morgan fingerprint density at radius 3 is 2.00 bits per heavy atom. The Hall–Kier alpha value is 1.19. The predicted octanol–water partition coefficient (Wildman–Crippen LogP) is 0.731. The average Bonchev–Trinajstić information content (AvgIpc) is 1.61. The molecule has 0 amide bonds. The van der Waals surface area contributed by atoms with Gasteiger partial charge < -0.3 is 0 Å². The van der Waals surface area contributed by atoms with E-state index in [-0.39, 0.29) is 0 Å². The van der Waals surface area contributed by atoms with E-state index in [0.29, 0.717) is 12.3 Å². The third-order valence-electron chi connectivity index (χ3n) is 1.34. The Balaban J connectivity index is 4.10. The van der Waals surface area contributed by atoms with Crippen LogP contribution in [0.1, 0.15) is 13.3 Å². The molecule has 0 radical (unpaired) electrons. The van der Waals surface area contributed by atoms with Gasteiger partial charge in [-0.15, -0.1) is 0 Å². The third-order valence-corrected chi connectivity index (χ3v) is 3.26. The van der Waals surface area contributed by atoms with Gasteiger partial charge in [0.2, 0.25) is 0 Å². The maximum absolute atomic E-state index is 5.79. The molecule has 0 aromatic rings. The van der Waals surface area contributed by atoms with Gasteiger partial charge in [-0.25, -0.2) is 0 Å². The summed E-state index contributed by atoms with van der Waals surface area (Å²) < 4.78 is -0.915. The molecule has 0 rings (SSSR count). The predicted molar refractivity (Wildman–Crippen MR) is 40.7 cm³/mol. The van der Waals surface area contributed by atoms with E-state index in [0.717, 1.165) is 0 Å². The Labute approximate surface area is 82.5 Å². The second-order valence-electron chi connectivity index (χ2n) is 2.43. The Morgan fingerprint density at radius 1 is 1.50 bits per heavy atom. The average molecular weight is 365 g/mol. The summed E-state index contributed by atoms with van der Waals surface area (Å²) in [5, 5.41) is 0. The van der Waals surface area contributed by atoms with Gasteiger partial charge in [0.1, 0.15) is 0 Å². The summed E-state index contributed by atoms with van der Waals surface area (Å²) in [6, 6.07) is 0. The fourth-order valence-corrected chi connectivity index (χ4v) is 1.13. The molecular weight excluding hydrogens is 354 g/mol. The van der Waals surface area contributed by atoms with E-state index in [9.17, 15) is 0 Å². The topological polar surface area (TPSA) is 52.0 Å². The van der Waals surface area contributed by atoms with Crippen molar-refractivity contribution in [1.29, 1.82) is 0 Å². The zero-order valence-electron chi connectivity index (χ0n) is 5.64. The van der Waals surface area contributed by atoms with Crippen molar-refractivity contribution in [2.45, 2.75) is 22.3 Å². The molecule has 0 aliphatic rings. The van der Waals surface area contributed by atoms with Crippen molar-refractivity contribution < 1.29 is 19.8 Å². The van der Waals surface area contributed by atoms with Crippen LogP contribution in [-0.2, 0) is 19.8 Å². The molecule has 2 nitrogen and oxygen atoms in total. The monoisotopic (exact) mass is 364 g/mol. The molecular formula is C5H11Cl2N2Pt. The van der Waals surface area contributed by atoms with E-state index in [1.54, 1.807) is 6.92 Å². The number of rotatable bonds is 3. The molecule has 10 heavy (non-hydrogen) atoms. The van der Waals surface area contributed by atoms with Crippen molar-refractivity contribution in [3.63, 3.8) is 0 Å². The molecule has 65 valence electrons. The minimum absolute atomic E-state index is 0.474. The van der Waals surface area contributed by atoms with Crippen LogP contribution < -0.4 is 11.5 Å². The summed E-state index contributed by atoms with van der Waals surface area (Å²) in [7, 11) is 0. The van der Waals surface area contributed by atoms with Crippen LogP contribution in [0, 0.1) is 0 Å². The molecule has 0 heterocycles. The molecule has 0 saturated carbocycles. The second-order valence-corrected chi connectivity index (χ2v) is 5.85. The van der Waals surface area contributed by atoms with Crippen molar-refractivity contribution in [3.05, 3.63) is 0 Å². The van der Waals surface area contributed by atoms with Gasteiger partial charge in [-0.1, -0.05) is 0 Å². The van der Waals surface area contributed by atoms with E-state index in [2.05, 4.69) is 0 Å². The van der Waals surface area contributed by atoms with Crippen LogP contribution in [0.2, 0.25) is 0 Å². The Morgan fingerprint density at radius 2 is 1.90 bits per heavy atom. The number of alkyl halides is 2. The van der Waals surface area contributed by atoms with E-state index in [1.807, 2.05) is 19.8 Å².